The van der Waals surface area contributed by atoms with Crippen LogP contribution in [0.1, 0.15) is 30.9 Å². The maximum absolute atomic E-state index is 12.7. The molecule has 1 N–H and O–H groups in total. The van der Waals surface area contributed by atoms with Crippen LogP contribution in [0.2, 0.25) is 0 Å². The van der Waals surface area contributed by atoms with E-state index < -0.39 is 6.36 Å². The van der Waals surface area contributed by atoms with Gasteiger partial charge in [-0.2, -0.15) is 0 Å². The van der Waals surface area contributed by atoms with E-state index in [4.69, 9.17) is 0 Å². The zero-order valence-corrected chi connectivity index (χ0v) is 13.6. The molecule has 1 aromatic carbocycles. The highest BCUT2D eigenvalue weighted by atomic mass is 35.5. The van der Waals surface area contributed by atoms with Crippen LogP contribution >= 0.6 is 12.4 Å². The fourth-order valence-corrected chi connectivity index (χ4v) is 3.41. The number of nitrogens with zero attached hydrogens (tertiary/aromatic N) is 1. The summed E-state index contributed by atoms with van der Waals surface area (Å²) in [5, 5.41) is 3.30. The van der Waals surface area contributed by atoms with E-state index in [-0.39, 0.29) is 24.2 Å². The SMILES string of the molecule is Cl.FC(F)(F)Oc1ccccc1[C@@H](C1CCC1)N1CCNCC1. The van der Waals surface area contributed by atoms with E-state index in [2.05, 4.69) is 15.0 Å². The highest BCUT2D eigenvalue weighted by Crippen LogP contribution is 2.44. The zero-order chi connectivity index (χ0) is 15.6. The van der Waals surface area contributed by atoms with Gasteiger partial charge in [0, 0.05) is 37.8 Å². The molecule has 0 bridgehead atoms. The van der Waals surface area contributed by atoms with Crippen LogP contribution in [0.5, 0.6) is 5.75 Å². The third-order valence-corrected chi connectivity index (χ3v) is 4.60. The molecular weight excluding hydrogens is 329 g/mol. The van der Waals surface area contributed by atoms with Gasteiger partial charge in [-0.25, -0.2) is 0 Å². The molecule has 1 aliphatic carbocycles. The van der Waals surface area contributed by atoms with Crippen molar-refractivity contribution >= 4 is 12.4 Å². The molecule has 0 spiro atoms. The van der Waals surface area contributed by atoms with Crippen molar-refractivity contribution in [1.82, 2.24) is 10.2 Å². The van der Waals surface area contributed by atoms with Crippen molar-refractivity contribution in [3.05, 3.63) is 29.8 Å². The number of nitrogens with one attached hydrogen (secondary N) is 1. The highest BCUT2D eigenvalue weighted by molar-refractivity contribution is 5.85. The predicted molar refractivity (Wildman–Crippen MR) is 84.9 cm³/mol. The number of hydrogen-bond donors (Lipinski definition) is 1. The van der Waals surface area contributed by atoms with Gasteiger partial charge in [-0.15, -0.1) is 25.6 Å². The second kappa shape index (κ2) is 7.73. The molecule has 2 fully saturated rings. The molecule has 1 saturated carbocycles. The Kier molecular flexibility index (Phi) is 6.17. The normalized spacial score (nSPS) is 21.2. The quantitative estimate of drug-likeness (QED) is 0.895. The van der Waals surface area contributed by atoms with Crippen molar-refractivity contribution in [2.45, 2.75) is 31.7 Å². The van der Waals surface area contributed by atoms with Gasteiger partial charge in [-0.3, -0.25) is 4.90 Å². The second-order valence-electron chi connectivity index (χ2n) is 6.01. The topological polar surface area (TPSA) is 24.5 Å². The van der Waals surface area contributed by atoms with Crippen LogP contribution in [0.4, 0.5) is 13.2 Å². The van der Waals surface area contributed by atoms with Crippen molar-refractivity contribution in [2.75, 3.05) is 26.2 Å². The van der Waals surface area contributed by atoms with E-state index in [1.165, 1.54) is 6.07 Å². The van der Waals surface area contributed by atoms with Crippen LogP contribution in [0, 0.1) is 5.92 Å². The maximum Gasteiger partial charge on any atom is 0.573 e. The lowest BCUT2D eigenvalue weighted by molar-refractivity contribution is -0.275. The van der Waals surface area contributed by atoms with Gasteiger partial charge in [-0.1, -0.05) is 24.6 Å². The number of hydrogen-bond acceptors (Lipinski definition) is 3. The van der Waals surface area contributed by atoms with Crippen molar-refractivity contribution in [3.63, 3.8) is 0 Å². The van der Waals surface area contributed by atoms with E-state index in [1.807, 2.05) is 0 Å². The lowest BCUT2D eigenvalue weighted by Gasteiger charge is -2.43. The van der Waals surface area contributed by atoms with Crippen molar-refractivity contribution < 1.29 is 17.9 Å². The largest absolute Gasteiger partial charge is 0.573 e. The minimum absolute atomic E-state index is 0. The van der Waals surface area contributed by atoms with Crippen LogP contribution in [-0.4, -0.2) is 37.4 Å². The second-order valence-corrected chi connectivity index (χ2v) is 6.01. The monoisotopic (exact) mass is 350 g/mol. The van der Waals surface area contributed by atoms with Crippen molar-refractivity contribution in [2.24, 2.45) is 5.92 Å². The first-order valence-electron chi connectivity index (χ1n) is 7.84. The molecule has 3 nitrogen and oxygen atoms in total. The summed E-state index contributed by atoms with van der Waals surface area (Å²) in [5.74, 6) is 0.376. The van der Waals surface area contributed by atoms with Crippen LogP contribution in [-0.2, 0) is 0 Å². The lowest BCUT2D eigenvalue weighted by Crippen LogP contribution is -2.48. The lowest BCUT2D eigenvalue weighted by atomic mass is 9.76. The molecule has 0 unspecified atom stereocenters. The number of piperazine rings is 1. The minimum atomic E-state index is -4.65. The van der Waals surface area contributed by atoms with Gasteiger partial charge in [0.1, 0.15) is 5.75 Å². The summed E-state index contributed by atoms with van der Waals surface area (Å²) in [7, 11) is 0. The predicted octanol–water partition coefficient (Wildman–Crippen LogP) is 3.75. The van der Waals surface area contributed by atoms with Crippen LogP contribution in [0.25, 0.3) is 0 Å². The number of rotatable bonds is 4. The van der Waals surface area contributed by atoms with Gasteiger partial charge in [-0.05, 0) is 24.8 Å². The molecule has 7 heteroatoms. The summed E-state index contributed by atoms with van der Waals surface area (Å²) < 4.78 is 42.3. The Balaban J connectivity index is 0.00000192. The van der Waals surface area contributed by atoms with Gasteiger partial charge >= 0.3 is 6.36 Å². The van der Waals surface area contributed by atoms with Gasteiger partial charge in [0.15, 0.2) is 0 Å². The number of ether oxygens (including phenoxy) is 1. The minimum Gasteiger partial charge on any atom is -0.405 e. The molecular formula is C16H22ClF3N2O. The Hall–Kier alpha value is -0.980. The fourth-order valence-electron chi connectivity index (χ4n) is 3.41. The first-order valence-corrected chi connectivity index (χ1v) is 7.84. The van der Waals surface area contributed by atoms with Gasteiger partial charge in [0.05, 0.1) is 0 Å². The molecule has 0 amide bonds. The number of halogens is 4. The number of alkyl halides is 3. The Labute approximate surface area is 140 Å². The Morgan fingerprint density at radius 2 is 1.78 bits per heavy atom. The average Bonchev–Trinajstić information content (AvgIpc) is 2.43. The first kappa shape index (κ1) is 18.4. The number of para-hydroxylation sites is 1. The van der Waals surface area contributed by atoms with E-state index >= 15 is 0 Å². The third-order valence-electron chi connectivity index (χ3n) is 4.60. The van der Waals surface area contributed by atoms with E-state index in [9.17, 15) is 13.2 Å². The standard InChI is InChI=1S/C16H21F3N2O.ClH/c17-16(18,19)22-14-7-2-1-6-13(14)15(12-4-3-5-12)21-10-8-20-9-11-21;/h1-2,6-7,12,15,20H,3-5,8-11H2;1H/t15-;/m1./s1. The first-order chi connectivity index (χ1) is 10.5. The zero-order valence-electron chi connectivity index (χ0n) is 12.8. The number of benzene rings is 1. The fraction of sp³-hybridized carbons (Fsp3) is 0.625. The van der Waals surface area contributed by atoms with Crippen LogP contribution in [0.3, 0.4) is 0 Å². The van der Waals surface area contributed by atoms with Crippen molar-refractivity contribution in [1.29, 1.82) is 0 Å². The summed E-state index contributed by atoms with van der Waals surface area (Å²) in [4.78, 5) is 2.30. The highest BCUT2D eigenvalue weighted by Gasteiger charge is 2.38. The summed E-state index contributed by atoms with van der Waals surface area (Å²) in [6.45, 7) is 3.49. The Morgan fingerprint density at radius 3 is 2.35 bits per heavy atom. The summed E-state index contributed by atoms with van der Waals surface area (Å²) >= 11 is 0. The van der Waals surface area contributed by atoms with Crippen LogP contribution in [0.15, 0.2) is 24.3 Å². The maximum atomic E-state index is 12.7. The summed E-state index contributed by atoms with van der Waals surface area (Å²) in [5.41, 5.74) is 0.673. The van der Waals surface area contributed by atoms with E-state index in [0.717, 1.165) is 45.4 Å². The Bertz CT molecular complexity index is 502. The van der Waals surface area contributed by atoms with Crippen LogP contribution < -0.4 is 10.1 Å². The molecule has 0 aromatic heterocycles. The van der Waals surface area contributed by atoms with Gasteiger partial charge < -0.3 is 10.1 Å². The molecule has 1 heterocycles. The molecule has 1 aliphatic heterocycles. The summed E-state index contributed by atoms with van der Waals surface area (Å²) in [6, 6.07) is 6.63. The molecule has 3 rings (SSSR count). The molecule has 0 radical (unpaired) electrons. The third kappa shape index (κ3) is 4.52. The van der Waals surface area contributed by atoms with Crippen molar-refractivity contribution in [3.8, 4) is 5.75 Å². The van der Waals surface area contributed by atoms with E-state index in [1.54, 1.807) is 18.2 Å². The molecule has 23 heavy (non-hydrogen) atoms. The Morgan fingerprint density at radius 1 is 1.13 bits per heavy atom. The smallest absolute Gasteiger partial charge is 0.405 e. The molecule has 2 aliphatic rings. The molecule has 1 aromatic rings. The summed E-state index contributed by atoms with van der Waals surface area (Å²) in [6.07, 6.45) is -1.33. The van der Waals surface area contributed by atoms with E-state index in [0.29, 0.717) is 11.5 Å². The molecule has 1 saturated heterocycles. The average molecular weight is 351 g/mol. The molecule has 1 atom stereocenters. The van der Waals surface area contributed by atoms with Gasteiger partial charge in [0.2, 0.25) is 0 Å². The van der Waals surface area contributed by atoms with Gasteiger partial charge in [0.25, 0.3) is 0 Å². The molecule has 130 valence electrons.